The minimum atomic E-state index is -1.08. The highest BCUT2D eigenvalue weighted by atomic mass is 79.9. The highest BCUT2D eigenvalue weighted by molar-refractivity contribution is 9.11. The van der Waals surface area contributed by atoms with Gasteiger partial charge < -0.3 is 10.2 Å². The first-order chi connectivity index (χ1) is 11.3. The number of hydrogen-bond donors (Lipinski definition) is 2. The number of halogens is 2. The van der Waals surface area contributed by atoms with Gasteiger partial charge in [0.2, 0.25) is 0 Å². The molecular weight excluding hydrogens is 401 g/mol. The monoisotopic (exact) mass is 411 g/mol. The zero-order valence-electron chi connectivity index (χ0n) is 12.3. The van der Waals surface area contributed by atoms with Crippen molar-refractivity contribution < 1.29 is 24.2 Å². The van der Waals surface area contributed by atoms with Gasteiger partial charge in [-0.25, -0.2) is 4.39 Å². The van der Waals surface area contributed by atoms with Gasteiger partial charge >= 0.3 is 5.97 Å². The summed E-state index contributed by atoms with van der Waals surface area (Å²) in [5, 5.41) is 19.1. The van der Waals surface area contributed by atoms with E-state index in [1.54, 1.807) is 19.1 Å². The summed E-state index contributed by atoms with van der Waals surface area (Å²) in [5.74, 6) is -2.91. The van der Waals surface area contributed by atoms with Crippen LogP contribution in [-0.4, -0.2) is 26.7 Å². The number of phenolic OH excluding ortho intramolecular Hbond substituents is 1. The van der Waals surface area contributed by atoms with Crippen LogP contribution in [0.5, 0.6) is 5.75 Å². The Hall–Kier alpha value is -2.19. The third kappa shape index (κ3) is 2.71. The summed E-state index contributed by atoms with van der Waals surface area (Å²) < 4.78 is 15.9. The number of benzene rings is 1. The fourth-order valence-corrected chi connectivity index (χ4v) is 3.98. The quantitative estimate of drug-likeness (QED) is 0.683. The first kappa shape index (κ1) is 16.7. The smallest absolute Gasteiger partial charge is 0.307 e. The van der Waals surface area contributed by atoms with Crippen LogP contribution in [0.3, 0.4) is 0 Å². The minimum absolute atomic E-state index is 0.230. The van der Waals surface area contributed by atoms with Crippen molar-refractivity contribution in [1.29, 1.82) is 0 Å². The lowest BCUT2D eigenvalue weighted by atomic mass is 10.1. The molecule has 5 nitrogen and oxygen atoms in total. The van der Waals surface area contributed by atoms with E-state index in [0.29, 0.717) is 21.5 Å². The van der Waals surface area contributed by atoms with E-state index in [9.17, 15) is 19.1 Å². The molecule has 0 fully saturated rings. The summed E-state index contributed by atoms with van der Waals surface area (Å²) in [4.78, 5) is 24.4. The number of hydrogen-bond acceptors (Lipinski definition) is 4. The van der Waals surface area contributed by atoms with Crippen LogP contribution >= 0.6 is 27.3 Å². The number of nitrogens with zero attached hydrogens (tertiary/aromatic N) is 1. The van der Waals surface area contributed by atoms with Crippen molar-refractivity contribution >= 4 is 50.0 Å². The summed E-state index contributed by atoms with van der Waals surface area (Å²) in [7, 11) is 0. The third-order valence-corrected chi connectivity index (χ3v) is 5.33. The topological polar surface area (TPSA) is 79.5 Å². The molecule has 2 aromatic heterocycles. The summed E-state index contributed by atoms with van der Waals surface area (Å²) in [6, 6.07) is 5.56. The van der Waals surface area contributed by atoms with Crippen molar-refractivity contribution in [2.45, 2.75) is 13.3 Å². The van der Waals surface area contributed by atoms with E-state index in [2.05, 4.69) is 15.9 Å². The maximum atomic E-state index is 13.8. The fourth-order valence-electron chi connectivity index (χ4n) is 2.66. The van der Waals surface area contributed by atoms with Crippen molar-refractivity contribution in [3.8, 4) is 5.75 Å². The molecule has 2 N–H and O–H groups in total. The number of carbonyl (C=O) groups is 2. The number of carboxylic acids is 1. The molecule has 124 valence electrons. The molecule has 0 aliphatic heterocycles. The molecule has 0 atom stereocenters. The van der Waals surface area contributed by atoms with Crippen LogP contribution in [-0.2, 0) is 11.2 Å². The second-order valence-corrected chi connectivity index (χ2v) is 7.66. The van der Waals surface area contributed by atoms with Crippen molar-refractivity contribution in [3.63, 3.8) is 0 Å². The van der Waals surface area contributed by atoms with E-state index in [1.165, 1.54) is 15.9 Å². The molecule has 3 rings (SSSR count). The number of aromatic hydroxyl groups is 1. The zero-order valence-corrected chi connectivity index (χ0v) is 14.7. The average Bonchev–Trinajstić information content (AvgIpc) is 3.03. The lowest BCUT2D eigenvalue weighted by Crippen LogP contribution is -2.13. The first-order valence-corrected chi connectivity index (χ1v) is 8.44. The number of aromatic nitrogens is 1. The SMILES string of the molecule is Cc1c(CC(=O)O)c2cc(O)c(F)cc2n1C(=O)c1ccc(Br)s1. The molecule has 2 heterocycles. The van der Waals surface area contributed by atoms with Gasteiger partial charge in [-0.1, -0.05) is 0 Å². The maximum Gasteiger partial charge on any atom is 0.307 e. The second-order valence-electron chi connectivity index (χ2n) is 5.20. The van der Waals surface area contributed by atoms with Gasteiger partial charge in [0.1, 0.15) is 0 Å². The van der Waals surface area contributed by atoms with Crippen LogP contribution in [0.25, 0.3) is 10.9 Å². The van der Waals surface area contributed by atoms with E-state index < -0.39 is 17.5 Å². The Bertz CT molecular complexity index is 992. The van der Waals surface area contributed by atoms with Crippen LogP contribution in [0, 0.1) is 12.7 Å². The summed E-state index contributed by atoms with van der Waals surface area (Å²) in [6.45, 7) is 1.60. The number of rotatable bonds is 3. The standard InChI is InChI=1S/C16H11BrFNO4S/c1-7-8(5-15(21)22)9-4-12(20)10(18)6-11(9)19(7)16(23)13-2-3-14(17)24-13/h2-4,6,20H,5H2,1H3,(H,21,22). The summed E-state index contributed by atoms with van der Waals surface area (Å²) in [6.07, 6.45) is -0.332. The minimum Gasteiger partial charge on any atom is -0.505 e. The van der Waals surface area contributed by atoms with Crippen molar-refractivity contribution in [2.24, 2.45) is 0 Å². The second kappa shape index (κ2) is 6.03. The van der Waals surface area contributed by atoms with Crippen LogP contribution < -0.4 is 0 Å². The maximum absolute atomic E-state index is 13.8. The molecule has 0 radical (unpaired) electrons. The molecule has 0 aliphatic carbocycles. The number of phenols is 1. The van der Waals surface area contributed by atoms with Crippen molar-refractivity contribution in [2.75, 3.05) is 0 Å². The Morgan fingerprint density at radius 2 is 2.04 bits per heavy atom. The molecule has 0 amide bonds. The summed E-state index contributed by atoms with van der Waals surface area (Å²) in [5.41, 5.74) is 1.01. The lowest BCUT2D eigenvalue weighted by molar-refractivity contribution is -0.136. The van der Waals surface area contributed by atoms with E-state index in [0.717, 1.165) is 15.9 Å². The molecule has 0 bridgehead atoms. The molecule has 8 heteroatoms. The van der Waals surface area contributed by atoms with Crippen LogP contribution in [0.1, 0.15) is 20.9 Å². The molecule has 24 heavy (non-hydrogen) atoms. The molecular formula is C16H11BrFNO4S. The van der Waals surface area contributed by atoms with Gasteiger partial charge in [-0.2, -0.15) is 0 Å². The Morgan fingerprint density at radius 1 is 1.33 bits per heavy atom. The number of aliphatic carboxylic acids is 1. The predicted octanol–water partition coefficient (Wildman–Crippen LogP) is 3.93. The van der Waals surface area contributed by atoms with Gasteiger partial charge in [0.25, 0.3) is 5.91 Å². The Morgan fingerprint density at radius 3 is 2.62 bits per heavy atom. The van der Waals surface area contributed by atoms with Gasteiger partial charge in [-0.05, 0) is 46.6 Å². The molecule has 0 aliphatic rings. The fraction of sp³-hybridized carbons (Fsp3) is 0.125. The normalized spacial score (nSPS) is 11.1. The molecule has 3 aromatic rings. The van der Waals surface area contributed by atoms with Gasteiger partial charge in [0, 0.05) is 17.1 Å². The van der Waals surface area contributed by atoms with Crippen molar-refractivity contribution in [1.82, 2.24) is 4.57 Å². The van der Waals surface area contributed by atoms with Gasteiger partial charge in [0.05, 0.1) is 20.6 Å². The Balaban J connectivity index is 2.30. The number of carboxylic acid groups (broad SMARTS) is 1. The van der Waals surface area contributed by atoms with E-state index >= 15 is 0 Å². The average molecular weight is 412 g/mol. The first-order valence-electron chi connectivity index (χ1n) is 6.83. The van der Waals surface area contributed by atoms with Crippen LogP contribution in [0.4, 0.5) is 4.39 Å². The molecule has 0 spiro atoms. The zero-order chi connectivity index (χ0) is 17.6. The summed E-state index contributed by atoms with van der Waals surface area (Å²) >= 11 is 4.51. The predicted molar refractivity (Wildman–Crippen MR) is 91.4 cm³/mol. The van der Waals surface area contributed by atoms with Crippen LogP contribution in [0.2, 0.25) is 0 Å². The van der Waals surface area contributed by atoms with Gasteiger partial charge in [0.15, 0.2) is 11.6 Å². The van der Waals surface area contributed by atoms with Crippen molar-refractivity contribution in [3.05, 3.63) is 50.0 Å². The highest BCUT2D eigenvalue weighted by Crippen LogP contribution is 2.33. The van der Waals surface area contributed by atoms with E-state index in [-0.39, 0.29) is 17.8 Å². The largest absolute Gasteiger partial charge is 0.505 e. The van der Waals surface area contributed by atoms with E-state index in [1.807, 2.05) is 0 Å². The Labute approximate surface area is 148 Å². The highest BCUT2D eigenvalue weighted by Gasteiger charge is 2.23. The number of fused-ring (bicyclic) bond motifs is 1. The number of carbonyl (C=O) groups excluding carboxylic acids is 1. The van der Waals surface area contributed by atoms with Gasteiger partial charge in [-0.15, -0.1) is 11.3 Å². The molecule has 0 saturated heterocycles. The van der Waals surface area contributed by atoms with Gasteiger partial charge in [-0.3, -0.25) is 14.2 Å². The lowest BCUT2D eigenvalue weighted by Gasteiger charge is -2.06. The number of thiophene rings is 1. The van der Waals surface area contributed by atoms with E-state index in [4.69, 9.17) is 5.11 Å². The Kier molecular flexibility index (Phi) is 4.18. The molecule has 0 saturated carbocycles. The molecule has 1 aromatic carbocycles. The third-order valence-electron chi connectivity index (χ3n) is 3.72. The van der Waals surface area contributed by atoms with Crippen LogP contribution in [0.15, 0.2) is 28.1 Å². The molecule has 0 unspecified atom stereocenters.